The van der Waals surface area contributed by atoms with Crippen LogP contribution in [0.4, 0.5) is 0 Å². The fourth-order valence-corrected chi connectivity index (χ4v) is 2.21. The third-order valence-corrected chi connectivity index (χ3v) is 3.40. The van der Waals surface area contributed by atoms with E-state index in [1.165, 1.54) is 5.56 Å². The maximum atomic E-state index is 6.16. The number of epoxide rings is 1. The summed E-state index contributed by atoms with van der Waals surface area (Å²) in [6.45, 7) is 2.16. The number of benzene rings is 1. The van der Waals surface area contributed by atoms with E-state index < -0.39 is 0 Å². The largest absolute Gasteiger partial charge is 0.497 e. The van der Waals surface area contributed by atoms with Gasteiger partial charge in [-0.25, -0.2) is 0 Å². The fourth-order valence-electron chi connectivity index (χ4n) is 1.95. The van der Waals surface area contributed by atoms with E-state index in [0.717, 1.165) is 30.0 Å². The summed E-state index contributed by atoms with van der Waals surface area (Å²) in [5, 5.41) is 0.785. The van der Waals surface area contributed by atoms with Crippen molar-refractivity contribution in [1.82, 2.24) is 0 Å². The number of aryl methyl sites for hydroxylation is 1. The summed E-state index contributed by atoms with van der Waals surface area (Å²) in [5.74, 6) is 0.808. The van der Waals surface area contributed by atoms with Gasteiger partial charge >= 0.3 is 0 Å². The molecule has 0 aliphatic carbocycles. The Morgan fingerprint density at radius 2 is 2.19 bits per heavy atom. The van der Waals surface area contributed by atoms with E-state index >= 15 is 0 Å². The molecular formula is C13H17ClO2. The summed E-state index contributed by atoms with van der Waals surface area (Å²) in [7, 11) is 1.65. The second kappa shape index (κ2) is 5.07. The Hall–Kier alpha value is -0.730. The minimum Gasteiger partial charge on any atom is -0.497 e. The lowest BCUT2D eigenvalue weighted by molar-refractivity contribution is 0.360. The van der Waals surface area contributed by atoms with Gasteiger partial charge in [0.1, 0.15) is 5.75 Å². The van der Waals surface area contributed by atoms with Crippen molar-refractivity contribution in [2.45, 2.75) is 38.4 Å². The van der Waals surface area contributed by atoms with Crippen molar-refractivity contribution in [2.75, 3.05) is 7.11 Å². The molecule has 0 N–H and O–H groups in total. The monoisotopic (exact) mass is 240 g/mol. The zero-order valence-corrected chi connectivity index (χ0v) is 10.5. The van der Waals surface area contributed by atoms with Crippen LogP contribution in [-0.4, -0.2) is 19.3 Å². The van der Waals surface area contributed by atoms with Crippen LogP contribution >= 0.6 is 11.6 Å². The Morgan fingerprint density at radius 3 is 2.75 bits per heavy atom. The van der Waals surface area contributed by atoms with E-state index in [4.69, 9.17) is 21.1 Å². The first kappa shape index (κ1) is 11.7. The fraction of sp³-hybridized carbons (Fsp3) is 0.538. The van der Waals surface area contributed by atoms with Gasteiger partial charge in [0.25, 0.3) is 0 Å². The maximum absolute atomic E-state index is 6.16. The molecule has 88 valence electrons. The minimum absolute atomic E-state index is 0.447. The number of hydrogen-bond acceptors (Lipinski definition) is 2. The Kier molecular flexibility index (Phi) is 3.72. The van der Waals surface area contributed by atoms with E-state index in [9.17, 15) is 0 Å². The molecule has 2 rings (SSSR count). The number of rotatable bonds is 5. The molecule has 0 saturated carbocycles. The number of hydrogen-bond donors (Lipinski definition) is 0. The predicted octanol–water partition coefficient (Wildman–Crippen LogP) is 3.46. The van der Waals surface area contributed by atoms with Crippen LogP contribution in [0.15, 0.2) is 18.2 Å². The van der Waals surface area contributed by atoms with Crippen LogP contribution in [0, 0.1) is 0 Å². The lowest BCUT2D eigenvalue weighted by Crippen LogP contribution is -1.96. The van der Waals surface area contributed by atoms with Crippen LogP contribution in [0.5, 0.6) is 5.75 Å². The molecule has 2 atom stereocenters. The molecule has 0 radical (unpaired) electrons. The summed E-state index contributed by atoms with van der Waals surface area (Å²) < 4.78 is 10.6. The summed E-state index contributed by atoms with van der Waals surface area (Å²) in [5.41, 5.74) is 1.17. The Balaban J connectivity index is 1.89. The second-order valence-electron chi connectivity index (χ2n) is 4.12. The average Bonchev–Trinajstić information content (AvgIpc) is 3.06. The van der Waals surface area contributed by atoms with Crippen molar-refractivity contribution in [1.29, 1.82) is 0 Å². The lowest BCUT2D eigenvalue weighted by atomic mass is 10.1. The van der Waals surface area contributed by atoms with Gasteiger partial charge in [-0.3, -0.25) is 0 Å². The summed E-state index contributed by atoms with van der Waals surface area (Å²) in [6, 6.07) is 5.85. The molecule has 1 aromatic rings. The highest BCUT2D eigenvalue weighted by Crippen LogP contribution is 2.31. The summed E-state index contributed by atoms with van der Waals surface area (Å²) in [4.78, 5) is 0. The minimum atomic E-state index is 0.447. The SMILES string of the molecule is CCC1OC1CCc1ccc(OC)cc1Cl. The second-order valence-corrected chi connectivity index (χ2v) is 4.52. The lowest BCUT2D eigenvalue weighted by Gasteiger charge is -2.05. The van der Waals surface area contributed by atoms with E-state index in [1.807, 2.05) is 18.2 Å². The molecule has 1 heterocycles. The molecule has 0 amide bonds. The quantitative estimate of drug-likeness (QED) is 0.736. The highest BCUT2D eigenvalue weighted by atomic mass is 35.5. The van der Waals surface area contributed by atoms with Gasteiger partial charge in [-0.2, -0.15) is 0 Å². The van der Waals surface area contributed by atoms with Crippen LogP contribution in [-0.2, 0) is 11.2 Å². The summed E-state index contributed by atoms with van der Waals surface area (Å²) in [6.07, 6.45) is 4.08. The van der Waals surface area contributed by atoms with Crippen molar-refractivity contribution < 1.29 is 9.47 Å². The van der Waals surface area contributed by atoms with E-state index in [-0.39, 0.29) is 0 Å². The van der Waals surface area contributed by atoms with Gasteiger partial charge < -0.3 is 9.47 Å². The molecule has 1 aliphatic heterocycles. The topological polar surface area (TPSA) is 21.8 Å². The zero-order valence-electron chi connectivity index (χ0n) is 9.70. The average molecular weight is 241 g/mol. The van der Waals surface area contributed by atoms with E-state index in [0.29, 0.717) is 12.2 Å². The Morgan fingerprint density at radius 1 is 1.38 bits per heavy atom. The summed E-state index contributed by atoms with van der Waals surface area (Å²) >= 11 is 6.16. The van der Waals surface area contributed by atoms with Gasteiger partial charge in [0.15, 0.2) is 0 Å². The first-order chi connectivity index (χ1) is 7.74. The van der Waals surface area contributed by atoms with Gasteiger partial charge in [-0.05, 0) is 37.0 Å². The highest BCUT2D eigenvalue weighted by Gasteiger charge is 2.36. The molecule has 0 bridgehead atoms. The van der Waals surface area contributed by atoms with Crippen LogP contribution in [0.2, 0.25) is 5.02 Å². The van der Waals surface area contributed by atoms with Crippen LogP contribution in [0.25, 0.3) is 0 Å². The molecule has 1 aromatic carbocycles. The molecule has 1 aliphatic rings. The predicted molar refractivity (Wildman–Crippen MR) is 65.3 cm³/mol. The molecule has 2 unspecified atom stereocenters. The van der Waals surface area contributed by atoms with Gasteiger partial charge in [0.05, 0.1) is 19.3 Å². The number of ether oxygens (including phenoxy) is 2. The van der Waals surface area contributed by atoms with E-state index in [1.54, 1.807) is 7.11 Å². The van der Waals surface area contributed by atoms with Gasteiger partial charge in [0, 0.05) is 5.02 Å². The van der Waals surface area contributed by atoms with Crippen LogP contribution in [0.1, 0.15) is 25.3 Å². The van der Waals surface area contributed by atoms with Crippen molar-refractivity contribution >= 4 is 11.6 Å². The third kappa shape index (κ3) is 2.69. The smallest absolute Gasteiger partial charge is 0.120 e. The number of methoxy groups -OCH3 is 1. The van der Waals surface area contributed by atoms with Gasteiger partial charge in [-0.15, -0.1) is 0 Å². The first-order valence-electron chi connectivity index (χ1n) is 5.72. The molecule has 3 heteroatoms. The molecular weight excluding hydrogens is 224 g/mol. The van der Waals surface area contributed by atoms with Gasteiger partial charge in [0.2, 0.25) is 0 Å². The third-order valence-electron chi connectivity index (χ3n) is 3.05. The van der Waals surface area contributed by atoms with Crippen molar-refractivity contribution in [3.05, 3.63) is 28.8 Å². The molecule has 2 nitrogen and oxygen atoms in total. The first-order valence-corrected chi connectivity index (χ1v) is 6.10. The van der Waals surface area contributed by atoms with Crippen LogP contribution in [0.3, 0.4) is 0 Å². The molecule has 0 aromatic heterocycles. The zero-order chi connectivity index (χ0) is 11.5. The Labute approximate surface area is 102 Å². The molecule has 0 spiro atoms. The molecule has 1 fully saturated rings. The highest BCUT2D eigenvalue weighted by molar-refractivity contribution is 6.31. The normalized spacial score (nSPS) is 23.2. The standard InChI is InChI=1S/C13H17ClO2/c1-3-12-13(16-12)7-5-9-4-6-10(15-2)8-11(9)14/h4,6,8,12-13H,3,5,7H2,1-2H3. The maximum Gasteiger partial charge on any atom is 0.120 e. The van der Waals surface area contributed by atoms with Gasteiger partial charge in [-0.1, -0.05) is 24.6 Å². The van der Waals surface area contributed by atoms with Crippen molar-refractivity contribution in [2.24, 2.45) is 0 Å². The van der Waals surface area contributed by atoms with Crippen LogP contribution < -0.4 is 4.74 Å². The number of halogens is 1. The molecule has 1 saturated heterocycles. The Bertz CT molecular complexity index is 365. The van der Waals surface area contributed by atoms with Crippen molar-refractivity contribution in [3.8, 4) is 5.75 Å². The molecule has 16 heavy (non-hydrogen) atoms. The van der Waals surface area contributed by atoms with E-state index in [2.05, 4.69) is 6.92 Å². The van der Waals surface area contributed by atoms with Crippen molar-refractivity contribution in [3.63, 3.8) is 0 Å².